The van der Waals surface area contributed by atoms with E-state index >= 15 is 0 Å². The Labute approximate surface area is 299 Å². The summed E-state index contributed by atoms with van der Waals surface area (Å²) in [6, 6.07) is 66.9. The molecule has 0 unspecified atom stereocenters. The first-order valence-corrected chi connectivity index (χ1v) is 17.7. The second-order valence-electron chi connectivity index (χ2n) is 13.3. The van der Waals surface area contributed by atoms with Gasteiger partial charge in [0.05, 0.1) is 32.8 Å². The first kappa shape index (κ1) is 28.8. The lowest BCUT2D eigenvalue weighted by atomic mass is 10.1. The van der Waals surface area contributed by atoms with E-state index in [9.17, 15) is 0 Å². The first-order valence-electron chi connectivity index (χ1n) is 17.7. The summed E-state index contributed by atoms with van der Waals surface area (Å²) in [7, 11) is 0. The van der Waals surface area contributed by atoms with E-state index in [2.05, 4.69) is 202 Å². The number of furan rings is 1. The van der Waals surface area contributed by atoms with E-state index in [0.29, 0.717) is 0 Å². The number of aromatic nitrogens is 2. The van der Waals surface area contributed by atoms with Crippen molar-refractivity contribution in [3.05, 3.63) is 188 Å². The number of rotatable bonds is 5. The average molecular weight is 666 g/mol. The van der Waals surface area contributed by atoms with Crippen molar-refractivity contribution in [2.24, 2.45) is 0 Å². The summed E-state index contributed by atoms with van der Waals surface area (Å²) in [5.41, 5.74) is 11.9. The largest absolute Gasteiger partial charge is 0.455 e. The summed E-state index contributed by atoms with van der Waals surface area (Å²) >= 11 is 0. The van der Waals surface area contributed by atoms with Crippen molar-refractivity contribution in [1.29, 1.82) is 0 Å². The maximum atomic E-state index is 7.22. The molecule has 0 spiro atoms. The lowest BCUT2D eigenvalue weighted by Crippen LogP contribution is -2.09. The van der Waals surface area contributed by atoms with Gasteiger partial charge >= 0.3 is 0 Å². The van der Waals surface area contributed by atoms with Gasteiger partial charge in [-0.2, -0.15) is 0 Å². The second-order valence-corrected chi connectivity index (χ2v) is 13.3. The molecule has 0 radical (unpaired) electrons. The molecular weight excluding hydrogens is 635 g/mol. The summed E-state index contributed by atoms with van der Waals surface area (Å²) in [5.74, 6) is 0. The Morgan fingerprint density at radius 1 is 0.327 bits per heavy atom. The average Bonchev–Trinajstić information content (AvgIpc) is 3.87. The van der Waals surface area contributed by atoms with Crippen LogP contribution in [-0.4, -0.2) is 9.13 Å². The van der Waals surface area contributed by atoms with Crippen LogP contribution >= 0.6 is 0 Å². The quantitative estimate of drug-likeness (QED) is 0.183. The van der Waals surface area contributed by atoms with E-state index in [4.69, 9.17) is 4.42 Å². The molecule has 3 aromatic heterocycles. The van der Waals surface area contributed by atoms with Crippen LogP contribution in [0.15, 0.2) is 192 Å². The molecule has 0 aliphatic rings. The smallest absolute Gasteiger partial charge is 0.145 e. The summed E-state index contributed by atoms with van der Waals surface area (Å²) in [6.45, 7) is 0. The van der Waals surface area contributed by atoms with Gasteiger partial charge in [-0.05, 0) is 97.1 Å². The van der Waals surface area contributed by atoms with Gasteiger partial charge in [0.2, 0.25) is 0 Å². The highest BCUT2D eigenvalue weighted by Gasteiger charge is 2.23. The molecule has 0 amide bonds. The molecular formula is C48H31N3O. The van der Waals surface area contributed by atoms with Gasteiger partial charge in [0.15, 0.2) is 0 Å². The first-order chi connectivity index (χ1) is 25.8. The lowest BCUT2D eigenvalue weighted by Gasteiger charge is -2.25. The standard InChI is InChI=1S/C48H31N3O/c1-5-15-32(16-6-1)49(33-17-7-2-8-18-33)36-25-28-42-40(31-36)46-44(51(42)35-21-11-4-12-22-35)30-27-38-37-26-29-43-45(47(37)52-48(38)46)39-23-13-14-24-41(39)50(43)34-19-9-3-10-20-34/h1-31H. The summed E-state index contributed by atoms with van der Waals surface area (Å²) in [5, 5.41) is 6.79. The van der Waals surface area contributed by atoms with Crippen LogP contribution in [0.5, 0.6) is 0 Å². The minimum absolute atomic E-state index is 0.902. The van der Waals surface area contributed by atoms with E-state index in [-0.39, 0.29) is 0 Å². The Morgan fingerprint density at radius 2 is 0.769 bits per heavy atom. The number of hydrogen-bond donors (Lipinski definition) is 0. The number of para-hydroxylation sites is 5. The molecule has 11 aromatic rings. The Kier molecular flexibility index (Phi) is 6.22. The van der Waals surface area contributed by atoms with Crippen LogP contribution < -0.4 is 4.90 Å². The van der Waals surface area contributed by atoms with Crippen LogP contribution in [0.2, 0.25) is 0 Å². The zero-order valence-corrected chi connectivity index (χ0v) is 28.1. The third-order valence-corrected chi connectivity index (χ3v) is 10.5. The van der Waals surface area contributed by atoms with Gasteiger partial charge in [0, 0.05) is 50.0 Å². The second kappa shape index (κ2) is 11.2. The molecule has 11 rings (SSSR count). The van der Waals surface area contributed by atoms with Crippen LogP contribution in [0.25, 0.3) is 76.9 Å². The van der Waals surface area contributed by atoms with Gasteiger partial charge in [0.1, 0.15) is 11.2 Å². The molecule has 8 aromatic carbocycles. The molecule has 0 aliphatic carbocycles. The summed E-state index contributed by atoms with van der Waals surface area (Å²) < 4.78 is 11.9. The molecule has 0 bridgehead atoms. The minimum atomic E-state index is 0.902. The van der Waals surface area contributed by atoms with Gasteiger partial charge in [-0.1, -0.05) is 91.0 Å². The van der Waals surface area contributed by atoms with E-state index in [1.54, 1.807) is 0 Å². The Balaban J connectivity index is 1.26. The fourth-order valence-corrected chi connectivity index (χ4v) is 8.29. The third kappa shape index (κ3) is 4.15. The topological polar surface area (TPSA) is 26.2 Å². The maximum Gasteiger partial charge on any atom is 0.145 e. The van der Waals surface area contributed by atoms with Crippen molar-refractivity contribution >= 4 is 82.6 Å². The number of hydrogen-bond acceptors (Lipinski definition) is 2. The van der Waals surface area contributed by atoms with Crippen molar-refractivity contribution in [3.63, 3.8) is 0 Å². The van der Waals surface area contributed by atoms with Crippen LogP contribution in [0.1, 0.15) is 0 Å². The molecule has 52 heavy (non-hydrogen) atoms. The van der Waals surface area contributed by atoms with Crippen LogP contribution in [0, 0.1) is 0 Å². The van der Waals surface area contributed by atoms with Crippen molar-refractivity contribution in [2.45, 2.75) is 0 Å². The molecule has 0 fully saturated rings. The van der Waals surface area contributed by atoms with E-state index in [1.807, 2.05) is 0 Å². The number of benzene rings is 8. The van der Waals surface area contributed by atoms with Gasteiger partial charge < -0.3 is 18.5 Å². The zero-order valence-electron chi connectivity index (χ0n) is 28.1. The van der Waals surface area contributed by atoms with Crippen molar-refractivity contribution in [2.75, 3.05) is 4.90 Å². The SMILES string of the molecule is c1ccc(N(c2ccccc2)c2ccc3c(c2)c2c4oc5c(ccc6c5c5ccccc5n6-c5ccccc5)c4ccc2n3-c2ccccc2)cc1. The highest BCUT2D eigenvalue weighted by Crippen LogP contribution is 2.46. The fraction of sp³-hybridized carbons (Fsp3) is 0. The number of fused-ring (bicyclic) bond motifs is 11. The Morgan fingerprint density at radius 3 is 1.33 bits per heavy atom. The highest BCUT2D eigenvalue weighted by atomic mass is 16.3. The fourth-order valence-electron chi connectivity index (χ4n) is 8.29. The molecule has 4 heteroatoms. The molecule has 0 N–H and O–H groups in total. The Hall–Kier alpha value is -7.04. The van der Waals surface area contributed by atoms with Gasteiger partial charge in [-0.25, -0.2) is 0 Å². The van der Waals surface area contributed by atoms with E-state index in [1.165, 1.54) is 5.39 Å². The highest BCUT2D eigenvalue weighted by molar-refractivity contribution is 6.29. The molecule has 3 heterocycles. The third-order valence-electron chi connectivity index (χ3n) is 10.5. The molecule has 4 nitrogen and oxygen atoms in total. The van der Waals surface area contributed by atoms with E-state index in [0.717, 1.165) is 88.6 Å². The van der Waals surface area contributed by atoms with Gasteiger partial charge in [0.25, 0.3) is 0 Å². The summed E-state index contributed by atoms with van der Waals surface area (Å²) in [6.07, 6.45) is 0. The maximum absolute atomic E-state index is 7.22. The monoisotopic (exact) mass is 665 g/mol. The van der Waals surface area contributed by atoms with Crippen LogP contribution in [-0.2, 0) is 0 Å². The number of nitrogens with zero attached hydrogens (tertiary/aromatic N) is 3. The van der Waals surface area contributed by atoms with Crippen molar-refractivity contribution < 1.29 is 4.42 Å². The minimum Gasteiger partial charge on any atom is -0.455 e. The van der Waals surface area contributed by atoms with Gasteiger partial charge in [-0.15, -0.1) is 0 Å². The predicted octanol–water partition coefficient (Wildman–Crippen LogP) is 13.2. The lowest BCUT2D eigenvalue weighted by molar-refractivity contribution is 0.677. The molecule has 244 valence electrons. The normalized spacial score (nSPS) is 11.8. The van der Waals surface area contributed by atoms with E-state index < -0.39 is 0 Å². The predicted molar refractivity (Wildman–Crippen MR) is 217 cm³/mol. The summed E-state index contributed by atoms with van der Waals surface area (Å²) in [4.78, 5) is 2.33. The number of anilines is 3. The zero-order chi connectivity index (χ0) is 34.2. The molecule has 0 atom stereocenters. The van der Waals surface area contributed by atoms with Crippen molar-refractivity contribution in [1.82, 2.24) is 9.13 Å². The van der Waals surface area contributed by atoms with Crippen LogP contribution in [0.3, 0.4) is 0 Å². The van der Waals surface area contributed by atoms with Crippen LogP contribution in [0.4, 0.5) is 17.1 Å². The molecule has 0 saturated carbocycles. The molecule has 0 aliphatic heterocycles. The van der Waals surface area contributed by atoms with Crippen molar-refractivity contribution in [3.8, 4) is 11.4 Å². The molecule has 0 saturated heterocycles. The Bertz CT molecular complexity index is 3060. The van der Waals surface area contributed by atoms with Gasteiger partial charge in [-0.3, -0.25) is 0 Å².